The maximum atomic E-state index is 14.2. The Balaban J connectivity index is 1.50. The van der Waals surface area contributed by atoms with E-state index >= 15 is 0 Å². The minimum absolute atomic E-state index is 0.0399. The van der Waals surface area contributed by atoms with Crippen molar-refractivity contribution in [2.24, 2.45) is 5.92 Å². The molecule has 2 aromatic carbocycles. The molecule has 0 unspecified atom stereocenters. The van der Waals surface area contributed by atoms with Crippen LogP contribution in [-0.4, -0.2) is 55.5 Å². The molecule has 40 heavy (non-hydrogen) atoms. The average Bonchev–Trinajstić information content (AvgIpc) is 3.51. The summed E-state index contributed by atoms with van der Waals surface area (Å²) in [4.78, 5) is 28.6. The fourth-order valence-electron chi connectivity index (χ4n) is 5.04. The van der Waals surface area contributed by atoms with Crippen LogP contribution in [0.3, 0.4) is 0 Å². The van der Waals surface area contributed by atoms with Crippen molar-refractivity contribution >= 4 is 11.8 Å². The third kappa shape index (κ3) is 6.06. The molecule has 1 aromatic heterocycles. The van der Waals surface area contributed by atoms with Crippen molar-refractivity contribution in [3.8, 4) is 11.1 Å². The Labute approximate surface area is 233 Å². The summed E-state index contributed by atoms with van der Waals surface area (Å²) in [5.74, 6) is -2.14. The van der Waals surface area contributed by atoms with Crippen LogP contribution in [0.25, 0.3) is 11.1 Å². The summed E-state index contributed by atoms with van der Waals surface area (Å²) in [7, 11) is 0. The van der Waals surface area contributed by atoms with Gasteiger partial charge in [0.2, 0.25) is 11.8 Å². The molecule has 0 saturated carbocycles. The first kappa shape index (κ1) is 29.3. The number of carbonyl (C=O) groups excluding carboxylic acids is 2. The molecule has 0 radical (unpaired) electrons. The van der Waals surface area contributed by atoms with Gasteiger partial charge in [-0.25, -0.2) is 13.5 Å². The van der Waals surface area contributed by atoms with Crippen LogP contribution in [0.15, 0.2) is 48.7 Å². The van der Waals surface area contributed by atoms with Crippen LogP contribution in [-0.2, 0) is 15.0 Å². The number of nitrogens with zero attached hydrogens (tertiary/aromatic N) is 4. The van der Waals surface area contributed by atoms with Crippen LogP contribution in [0.1, 0.15) is 71.3 Å². The summed E-state index contributed by atoms with van der Waals surface area (Å²) in [5, 5.41) is 21.8. The molecule has 10 heteroatoms. The van der Waals surface area contributed by atoms with E-state index in [0.29, 0.717) is 5.56 Å². The normalized spacial score (nSPS) is 19.1. The molecule has 2 amide bonds. The fraction of sp³-hybridized carbons (Fsp3) is 0.467. The van der Waals surface area contributed by atoms with Crippen molar-refractivity contribution in [1.82, 2.24) is 25.2 Å². The predicted octanol–water partition coefficient (Wildman–Crippen LogP) is 4.56. The van der Waals surface area contributed by atoms with Crippen LogP contribution in [0.4, 0.5) is 8.78 Å². The number of hydrogen-bond acceptors (Lipinski definition) is 5. The second-order valence-corrected chi connectivity index (χ2v) is 11.9. The number of β-amino-alcohol motifs (C(OH)–C–C–N with tert-alkyl or cyclic N) is 1. The van der Waals surface area contributed by atoms with Crippen molar-refractivity contribution in [3.05, 3.63) is 71.6 Å². The fourth-order valence-corrected chi connectivity index (χ4v) is 5.04. The summed E-state index contributed by atoms with van der Waals surface area (Å²) in [6, 6.07) is 8.33. The van der Waals surface area contributed by atoms with Gasteiger partial charge in [0.1, 0.15) is 23.7 Å². The second kappa shape index (κ2) is 11.4. The lowest BCUT2D eigenvalue weighted by atomic mass is 9.93. The second-order valence-electron chi connectivity index (χ2n) is 11.9. The van der Waals surface area contributed by atoms with E-state index in [1.165, 1.54) is 23.1 Å². The van der Waals surface area contributed by atoms with Crippen molar-refractivity contribution in [2.75, 3.05) is 6.54 Å². The molecule has 2 heterocycles. The smallest absolute Gasteiger partial charge is 0.248 e. The average molecular weight is 554 g/mol. The van der Waals surface area contributed by atoms with Crippen molar-refractivity contribution in [2.45, 2.75) is 77.6 Å². The number of amides is 2. The molecule has 1 aliphatic rings. The highest BCUT2D eigenvalue weighted by molar-refractivity contribution is 5.90. The number of nitrogens with one attached hydrogen (secondary N) is 1. The number of hydrogen-bond donors (Lipinski definition) is 2. The van der Waals surface area contributed by atoms with Gasteiger partial charge >= 0.3 is 0 Å². The summed E-state index contributed by atoms with van der Waals surface area (Å²) in [5.41, 5.74) is 1.51. The SMILES string of the molecule is CC(C)[C@@H](C(=O)N1C[C@H](O)C[C@H]1C(=O)N[C@@H](C)c1ccc(-c2c(F)cccc2F)cc1)n1cc(C(C)(C)C)nn1. The summed E-state index contributed by atoms with van der Waals surface area (Å²) in [6.07, 6.45) is 1.05. The van der Waals surface area contributed by atoms with Crippen LogP contribution in [0.5, 0.6) is 0 Å². The van der Waals surface area contributed by atoms with Gasteiger partial charge in [0.05, 0.1) is 23.4 Å². The van der Waals surface area contributed by atoms with Crippen molar-refractivity contribution < 1.29 is 23.5 Å². The van der Waals surface area contributed by atoms with E-state index in [0.717, 1.165) is 11.3 Å². The number of aliphatic hydroxyl groups is 1. The Morgan fingerprint density at radius 2 is 1.68 bits per heavy atom. The third-order valence-corrected chi connectivity index (χ3v) is 7.33. The number of carbonyl (C=O) groups is 2. The highest BCUT2D eigenvalue weighted by Gasteiger charge is 2.43. The van der Waals surface area contributed by atoms with Gasteiger partial charge in [-0.3, -0.25) is 9.59 Å². The standard InChI is InChI=1S/C30H37F2N5O3/c1-17(2)27(37-16-25(34-35-37)30(4,5)6)29(40)36-15-21(38)14-24(36)28(39)33-18(3)19-10-12-20(13-11-19)26-22(31)8-7-9-23(26)32/h7-13,16-18,21,24,27,38H,14-15H2,1-6H3,(H,33,39)/t18-,21+,24-,27-/m0/s1. The van der Waals surface area contributed by atoms with E-state index in [9.17, 15) is 23.5 Å². The topological polar surface area (TPSA) is 100 Å². The Hall–Kier alpha value is -3.66. The van der Waals surface area contributed by atoms with Crippen LogP contribution >= 0.6 is 0 Å². The number of benzene rings is 2. The molecule has 214 valence electrons. The molecule has 1 aliphatic heterocycles. The highest BCUT2D eigenvalue weighted by atomic mass is 19.1. The maximum absolute atomic E-state index is 14.2. The Morgan fingerprint density at radius 1 is 1.05 bits per heavy atom. The molecule has 8 nitrogen and oxygen atoms in total. The van der Waals surface area contributed by atoms with E-state index in [-0.39, 0.29) is 35.8 Å². The van der Waals surface area contributed by atoms with Gasteiger partial charge in [-0.15, -0.1) is 5.10 Å². The number of likely N-dealkylation sites (tertiary alicyclic amines) is 1. The van der Waals surface area contributed by atoms with E-state index in [1.807, 2.05) is 34.6 Å². The number of halogens is 2. The molecule has 1 fully saturated rings. The summed E-state index contributed by atoms with van der Waals surface area (Å²) < 4.78 is 29.9. The minimum atomic E-state index is -0.858. The highest BCUT2D eigenvalue weighted by Crippen LogP contribution is 2.30. The molecule has 0 bridgehead atoms. The Morgan fingerprint density at radius 3 is 2.23 bits per heavy atom. The molecule has 4 rings (SSSR count). The first-order chi connectivity index (χ1) is 18.8. The van der Waals surface area contributed by atoms with E-state index < -0.39 is 41.8 Å². The molecule has 3 aromatic rings. The van der Waals surface area contributed by atoms with Crippen molar-refractivity contribution in [3.63, 3.8) is 0 Å². The molecular formula is C30H37F2N5O3. The zero-order valence-electron chi connectivity index (χ0n) is 23.7. The zero-order valence-corrected chi connectivity index (χ0v) is 23.7. The lowest BCUT2D eigenvalue weighted by molar-refractivity contribution is -0.142. The molecule has 2 N–H and O–H groups in total. The van der Waals surface area contributed by atoms with Gasteiger partial charge in [-0.2, -0.15) is 0 Å². The Bertz CT molecular complexity index is 1350. The summed E-state index contributed by atoms with van der Waals surface area (Å²) in [6.45, 7) is 11.7. The van der Waals surface area contributed by atoms with Gasteiger partial charge < -0.3 is 15.3 Å². The quantitative estimate of drug-likeness (QED) is 0.447. The van der Waals surface area contributed by atoms with E-state index in [2.05, 4.69) is 15.6 Å². The van der Waals surface area contributed by atoms with Crippen LogP contribution in [0.2, 0.25) is 0 Å². The molecule has 4 atom stereocenters. The molecule has 1 saturated heterocycles. The van der Waals surface area contributed by atoms with Crippen LogP contribution in [0, 0.1) is 17.6 Å². The first-order valence-electron chi connectivity index (χ1n) is 13.5. The van der Waals surface area contributed by atoms with Crippen LogP contribution < -0.4 is 5.32 Å². The minimum Gasteiger partial charge on any atom is -0.391 e. The predicted molar refractivity (Wildman–Crippen MR) is 147 cm³/mol. The number of aliphatic hydroxyl groups excluding tert-OH is 1. The Kier molecular flexibility index (Phi) is 8.39. The van der Waals surface area contributed by atoms with E-state index in [1.54, 1.807) is 42.1 Å². The largest absolute Gasteiger partial charge is 0.391 e. The monoisotopic (exact) mass is 553 g/mol. The van der Waals surface area contributed by atoms with Gasteiger partial charge in [-0.05, 0) is 36.1 Å². The maximum Gasteiger partial charge on any atom is 0.248 e. The molecule has 0 aliphatic carbocycles. The summed E-state index contributed by atoms with van der Waals surface area (Å²) >= 11 is 0. The van der Waals surface area contributed by atoms with Crippen molar-refractivity contribution in [1.29, 1.82) is 0 Å². The lowest BCUT2D eigenvalue weighted by Crippen LogP contribution is -2.49. The van der Waals surface area contributed by atoms with Gasteiger partial charge in [-0.1, -0.05) is 70.2 Å². The third-order valence-electron chi connectivity index (χ3n) is 7.33. The van der Waals surface area contributed by atoms with E-state index in [4.69, 9.17) is 0 Å². The number of aromatic nitrogens is 3. The van der Waals surface area contributed by atoms with Gasteiger partial charge in [0.25, 0.3) is 0 Å². The molecular weight excluding hydrogens is 516 g/mol. The van der Waals surface area contributed by atoms with Gasteiger partial charge in [0, 0.05) is 24.6 Å². The molecule has 0 spiro atoms. The first-order valence-corrected chi connectivity index (χ1v) is 13.5. The number of rotatable bonds is 7. The zero-order chi connectivity index (χ0) is 29.4. The van der Waals surface area contributed by atoms with Gasteiger partial charge in [0.15, 0.2) is 0 Å². The lowest BCUT2D eigenvalue weighted by Gasteiger charge is -2.30.